The van der Waals surface area contributed by atoms with Crippen LogP contribution in [-0.4, -0.2) is 28.9 Å². The summed E-state index contributed by atoms with van der Waals surface area (Å²) in [6.45, 7) is 4.89. The normalized spacial score (nSPS) is 11.3. The third kappa shape index (κ3) is 5.48. The first kappa shape index (κ1) is 16.4. The minimum atomic E-state index is -1.09. The van der Waals surface area contributed by atoms with Crippen LogP contribution in [0.2, 0.25) is 0 Å². The summed E-state index contributed by atoms with van der Waals surface area (Å²) in [5.74, 6) is -1.84. The molecule has 0 aliphatic carbocycles. The Kier molecular flexibility index (Phi) is 6.13. The van der Waals surface area contributed by atoms with Gasteiger partial charge in [0.05, 0.1) is 0 Å². The molecular formula is C15H18N2O4. The fraction of sp³-hybridized carbons (Fsp3) is 0.267. The molecule has 1 atom stereocenters. The molecule has 0 spiro atoms. The lowest BCUT2D eigenvalue weighted by atomic mass is 10.1. The average molecular weight is 290 g/mol. The lowest BCUT2D eigenvalue weighted by Gasteiger charge is -2.14. The number of amides is 2. The highest BCUT2D eigenvalue weighted by molar-refractivity contribution is 5.98. The predicted octanol–water partition coefficient (Wildman–Crippen LogP) is 1.79. The second-order valence-corrected chi connectivity index (χ2v) is 4.49. The van der Waals surface area contributed by atoms with Crippen molar-refractivity contribution in [1.29, 1.82) is 0 Å². The molecule has 6 heteroatoms. The third-order valence-corrected chi connectivity index (χ3v) is 2.71. The maximum Gasteiger partial charge on any atom is 0.326 e. The Morgan fingerprint density at radius 1 is 1.38 bits per heavy atom. The number of allylic oxidation sites excluding steroid dienone is 1. The number of benzene rings is 1. The number of nitrogens with one attached hydrogen (secondary N) is 2. The Bertz CT molecular complexity index is 554. The van der Waals surface area contributed by atoms with Gasteiger partial charge in [-0.25, -0.2) is 4.79 Å². The van der Waals surface area contributed by atoms with Crippen molar-refractivity contribution in [2.24, 2.45) is 0 Å². The van der Waals surface area contributed by atoms with E-state index in [2.05, 4.69) is 17.2 Å². The molecule has 0 aliphatic heterocycles. The zero-order valence-corrected chi connectivity index (χ0v) is 11.8. The summed E-state index contributed by atoms with van der Waals surface area (Å²) in [6, 6.07) is 5.32. The highest BCUT2D eigenvalue weighted by Crippen LogP contribution is 2.11. The van der Waals surface area contributed by atoms with Crippen molar-refractivity contribution < 1.29 is 19.5 Å². The molecule has 112 valence electrons. The minimum Gasteiger partial charge on any atom is -0.480 e. The lowest BCUT2D eigenvalue weighted by Crippen LogP contribution is -2.40. The van der Waals surface area contributed by atoms with Gasteiger partial charge in [-0.2, -0.15) is 0 Å². The Morgan fingerprint density at radius 3 is 2.67 bits per heavy atom. The number of hydrogen-bond donors (Lipinski definition) is 3. The molecule has 0 aromatic heterocycles. The van der Waals surface area contributed by atoms with Gasteiger partial charge in [0.2, 0.25) is 5.91 Å². The Labute approximate surface area is 122 Å². The van der Waals surface area contributed by atoms with Gasteiger partial charge in [-0.05, 0) is 31.0 Å². The summed E-state index contributed by atoms with van der Waals surface area (Å²) < 4.78 is 0. The standard InChI is InChI=1S/C15H18N2O4/c1-3-4-8-13(15(20)21)17-14(19)11-6-5-7-12(9-11)16-10(2)18/h3,5-7,9,13H,1,4,8H2,2H3,(H,16,18)(H,17,19)(H,20,21)/t13-/m1/s1. The van der Waals surface area contributed by atoms with E-state index in [1.807, 2.05) is 0 Å². The quantitative estimate of drug-likeness (QED) is 0.667. The van der Waals surface area contributed by atoms with Crippen molar-refractivity contribution >= 4 is 23.5 Å². The van der Waals surface area contributed by atoms with E-state index in [0.717, 1.165) is 0 Å². The summed E-state index contributed by atoms with van der Waals surface area (Å²) in [4.78, 5) is 34.1. The third-order valence-electron chi connectivity index (χ3n) is 2.71. The van der Waals surface area contributed by atoms with Crippen LogP contribution >= 0.6 is 0 Å². The van der Waals surface area contributed by atoms with E-state index in [1.54, 1.807) is 24.3 Å². The number of carbonyl (C=O) groups excluding carboxylic acids is 2. The van der Waals surface area contributed by atoms with Crippen LogP contribution in [0.25, 0.3) is 0 Å². The summed E-state index contributed by atoms with van der Waals surface area (Å²) in [5.41, 5.74) is 0.763. The molecule has 0 bridgehead atoms. The maximum atomic E-state index is 12.0. The monoisotopic (exact) mass is 290 g/mol. The molecule has 0 unspecified atom stereocenters. The van der Waals surface area contributed by atoms with E-state index in [9.17, 15) is 14.4 Å². The molecule has 1 rings (SSSR count). The van der Waals surface area contributed by atoms with Gasteiger partial charge in [0, 0.05) is 18.2 Å². The zero-order chi connectivity index (χ0) is 15.8. The Balaban J connectivity index is 2.79. The van der Waals surface area contributed by atoms with Gasteiger partial charge >= 0.3 is 5.97 Å². The second kappa shape index (κ2) is 7.84. The van der Waals surface area contributed by atoms with Gasteiger partial charge in [-0.1, -0.05) is 12.1 Å². The van der Waals surface area contributed by atoms with Crippen LogP contribution in [0.3, 0.4) is 0 Å². The van der Waals surface area contributed by atoms with Crippen molar-refractivity contribution in [1.82, 2.24) is 5.32 Å². The molecule has 0 saturated carbocycles. The summed E-state index contributed by atoms with van der Waals surface area (Å²) in [7, 11) is 0. The van der Waals surface area contributed by atoms with Crippen molar-refractivity contribution in [3.63, 3.8) is 0 Å². The predicted molar refractivity (Wildman–Crippen MR) is 79.1 cm³/mol. The lowest BCUT2D eigenvalue weighted by molar-refractivity contribution is -0.139. The van der Waals surface area contributed by atoms with E-state index < -0.39 is 17.9 Å². The SMILES string of the molecule is C=CCC[C@@H](NC(=O)c1cccc(NC(C)=O)c1)C(=O)O. The fourth-order valence-corrected chi connectivity index (χ4v) is 1.72. The number of anilines is 1. The molecule has 2 amide bonds. The molecular weight excluding hydrogens is 272 g/mol. The number of aliphatic carboxylic acids is 1. The van der Waals surface area contributed by atoms with Crippen molar-refractivity contribution in [2.75, 3.05) is 5.32 Å². The van der Waals surface area contributed by atoms with Crippen LogP contribution in [0.15, 0.2) is 36.9 Å². The van der Waals surface area contributed by atoms with Gasteiger partial charge in [0.1, 0.15) is 6.04 Å². The van der Waals surface area contributed by atoms with Crippen molar-refractivity contribution in [2.45, 2.75) is 25.8 Å². The summed E-state index contributed by atoms with van der Waals surface area (Å²) in [5, 5.41) is 14.1. The van der Waals surface area contributed by atoms with E-state index in [0.29, 0.717) is 12.1 Å². The first-order chi connectivity index (χ1) is 9.93. The minimum absolute atomic E-state index is 0.248. The number of hydrogen-bond acceptors (Lipinski definition) is 3. The van der Waals surface area contributed by atoms with Crippen LogP contribution < -0.4 is 10.6 Å². The summed E-state index contributed by atoms with van der Waals surface area (Å²) >= 11 is 0. The van der Waals surface area contributed by atoms with Crippen LogP contribution in [0.1, 0.15) is 30.1 Å². The Morgan fingerprint density at radius 2 is 2.10 bits per heavy atom. The highest BCUT2D eigenvalue weighted by atomic mass is 16.4. The van der Waals surface area contributed by atoms with Gasteiger partial charge in [0.25, 0.3) is 5.91 Å². The first-order valence-electron chi connectivity index (χ1n) is 6.46. The number of carboxylic acids is 1. The molecule has 21 heavy (non-hydrogen) atoms. The molecule has 1 aromatic carbocycles. The molecule has 0 saturated heterocycles. The topological polar surface area (TPSA) is 95.5 Å². The van der Waals surface area contributed by atoms with E-state index in [-0.39, 0.29) is 17.9 Å². The first-order valence-corrected chi connectivity index (χ1v) is 6.46. The average Bonchev–Trinajstić information content (AvgIpc) is 2.42. The van der Waals surface area contributed by atoms with Gasteiger partial charge in [-0.15, -0.1) is 6.58 Å². The molecule has 0 aliphatic rings. The largest absolute Gasteiger partial charge is 0.480 e. The van der Waals surface area contributed by atoms with Crippen LogP contribution in [0, 0.1) is 0 Å². The van der Waals surface area contributed by atoms with Crippen molar-refractivity contribution in [3.8, 4) is 0 Å². The van der Waals surface area contributed by atoms with Crippen LogP contribution in [-0.2, 0) is 9.59 Å². The molecule has 0 radical (unpaired) electrons. The Hall–Kier alpha value is -2.63. The molecule has 0 heterocycles. The fourth-order valence-electron chi connectivity index (χ4n) is 1.72. The molecule has 0 fully saturated rings. The smallest absolute Gasteiger partial charge is 0.326 e. The molecule has 6 nitrogen and oxygen atoms in total. The van der Waals surface area contributed by atoms with Crippen LogP contribution in [0.5, 0.6) is 0 Å². The second-order valence-electron chi connectivity index (χ2n) is 4.49. The maximum absolute atomic E-state index is 12.0. The molecule has 1 aromatic rings. The van der Waals surface area contributed by atoms with Gasteiger partial charge in [-0.3, -0.25) is 9.59 Å². The van der Waals surface area contributed by atoms with E-state index in [1.165, 1.54) is 13.0 Å². The number of carboxylic acid groups (broad SMARTS) is 1. The van der Waals surface area contributed by atoms with E-state index >= 15 is 0 Å². The molecule has 3 N–H and O–H groups in total. The highest BCUT2D eigenvalue weighted by Gasteiger charge is 2.19. The van der Waals surface area contributed by atoms with Crippen LogP contribution in [0.4, 0.5) is 5.69 Å². The van der Waals surface area contributed by atoms with Gasteiger partial charge < -0.3 is 15.7 Å². The van der Waals surface area contributed by atoms with Gasteiger partial charge in [0.15, 0.2) is 0 Å². The number of carbonyl (C=O) groups is 3. The number of rotatable bonds is 7. The zero-order valence-electron chi connectivity index (χ0n) is 11.8. The van der Waals surface area contributed by atoms with Crippen molar-refractivity contribution in [3.05, 3.63) is 42.5 Å². The summed E-state index contributed by atoms with van der Waals surface area (Å²) in [6.07, 6.45) is 2.36. The van der Waals surface area contributed by atoms with E-state index in [4.69, 9.17) is 5.11 Å².